The molecule has 1 heterocycles. The summed E-state index contributed by atoms with van der Waals surface area (Å²) in [6.45, 7) is 1.73. The minimum atomic E-state index is -3.75. The highest BCUT2D eigenvalue weighted by atomic mass is 32.2. The molecule has 7 nitrogen and oxygen atoms in total. The van der Waals surface area contributed by atoms with Crippen LogP contribution >= 0.6 is 11.3 Å². The van der Waals surface area contributed by atoms with Crippen molar-refractivity contribution in [3.8, 4) is 0 Å². The number of sulfonamides is 1. The van der Waals surface area contributed by atoms with Crippen molar-refractivity contribution in [1.29, 1.82) is 0 Å². The van der Waals surface area contributed by atoms with Gasteiger partial charge in [-0.1, -0.05) is 0 Å². The van der Waals surface area contributed by atoms with Gasteiger partial charge in [0.1, 0.15) is 4.21 Å². The average Bonchev–Trinajstić information content (AvgIpc) is 2.73. The maximum Gasteiger partial charge on any atom is 0.308 e. The quantitative estimate of drug-likeness (QED) is 0.615. The van der Waals surface area contributed by atoms with Crippen LogP contribution in [0.2, 0.25) is 0 Å². The predicted molar refractivity (Wildman–Crippen MR) is 80.0 cm³/mol. The third-order valence-corrected chi connectivity index (χ3v) is 5.51. The zero-order chi connectivity index (χ0) is 16.3. The Hall–Kier alpha value is -1.00. The summed E-state index contributed by atoms with van der Waals surface area (Å²) in [6.07, 6.45) is -0.210. The van der Waals surface area contributed by atoms with E-state index in [-0.39, 0.29) is 17.2 Å². The van der Waals surface area contributed by atoms with Crippen molar-refractivity contribution in [3.05, 3.63) is 17.0 Å². The second kappa shape index (κ2) is 6.84. The molecular formula is C12H20N2O5S2. The van der Waals surface area contributed by atoms with Crippen LogP contribution in [0.1, 0.15) is 11.8 Å². The van der Waals surface area contributed by atoms with Crippen molar-refractivity contribution in [1.82, 2.24) is 9.62 Å². The van der Waals surface area contributed by atoms with Gasteiger partial charge in [0, 0.05) is 18.0 Å². The molecule has 0 aromatic carbocycles. The van der Waals surface area contributed by atoms with Gasteiger partial charge >= 0.3 is 5.97 Å². The summed E-state index contributed by atoms with van der Waals surface area (Å²) >= 11 is 0.909. The Labute approximate surface area is 128 Å². The fourth-order valence-corrected chi connectivity index (χ4v) is 4.36. The van der Waals surface area contributed by atoms with E-state index >= 15 is 0 Å². The molecule has 3 N–H and O–H groups in total. The Kier molecular flexibility index (Phi) is 5.88. The van der Waals surface area contributed by atoms with Gasteiger partial charge in [0.25, 0.3) is 0 Å². The first-order chi connectivity index (χ1) is 9.52. The molecule has 1 rings (SSSR count). The number of rotatable bonds is 8. The standard InChI is InChI=1S/C12H20N2O5S2/c1-12(17,8-14(2)3)7-13-21(18,19)11-5-4-9(20-11)6-10(15)16/h4-5,13,17H,6-8H2,1-3H3,(H,15,16). The Balaban J connectivity index is 2.73. The van der Waals surface area contributed by atoms with E-state index < -0.39 is 21.6 Å². The van der Waals surface area contributed by atoms with Crippen LogP contribution in [0.5, 0.6) is 0 Å². The highest BCUT2D eigenvalue weighted by Gasteiger charge is 2.25. The highest BCUT2D eigenvalue weighted by molar-refractivity contribution is 7.91. The first-order valence-corrected chi connectivity index (χ1v) is 8.49. The van der Waals surface area contributed by atoms with Crippen LogP contribution in [0.25, 0.3) is 0 Å². The van der Waals surface area contributed by atoms with Crippen LogP contribution in [-0.4, -0.2) is 62.3 Å². The Morgan fingerprint density at radius 2 is 2.05 bits per heavy atom. The maximum absolute atomic E-state index is 12.1. The Bertz CT molecular complexity index is 593. The summed E-state index contributed by atoms with van der Waals surface area (Å²) in [4.78, 5) is 12.8. The van der Waals surface area contributed by atoms with Crippen LogP contribution in [0, 0.1) is 0 Å². The van der Waals surface area contributed by atoms with Gasteiger partial charge in [-0.2, -0.15) is 0 Å². The molecule has 1 unspecified atom stereocenters. The van der Waals surface area contributed by atoms with Crippen molar-refractivity contribution in [2.75, 3.05) is 27.2 Å². The van der Waals surface area contributed by atoms with Gasteiger partial charge in [-0.3, -0.25) is 4.79 Å². The van der Waals surface area contributed by atoms with Crippen LogP contribution in [0.15, 0.2) is 16.3 Å². The number of aliphatic carboxylic acids is 1. The van der Waals surface area contributed by atoms with Gasteiger partial charge in [0.2, 0.25) is 10.0 Å². The molecule has 0 amide bonds. The molecule has 0 aliphatic rings. The number of thiophene rings is 1. The maximum atomic E-state index is 12.1. The lowest BCUT2D eigenvalue weighted by Gasteiger charge is -2.26. The largest absolute Gasteiger partial charge is 0.481 e. The third kappa shape index (κ3) is 6.10. The van der Waals surface area contributed by atoms with Crippen LogP contribution in [-0.2, 0) is 21.2 Å². The molecule has 9 heteroatoms. The molecule has 0 saturated heterocycles. The zero-order valence-electron chi connectivity index (χ0n) is 12.2. The number of nitrogens with one attached hydrogen (secondary N) is 1. The average molecular weight is 336 g/mol. The molecule has 0 aliphatic carbocycles. The number of hydrogen-bond donors (Lipinski definition) is 3. The molecule has 0 aliphatic heterocycles. The Morgan fingerprint density at radius 3 is 2.57 bits per heavy atom. The fourth-order valence-electron chi connectivity index (χ4n) is 1.81. The SMILES string of the molecule is CN(C)CC(C)(O)CNS(=O)(=O)c1ccc(CC(=O)O)s1. The molecule has 0 fully saturated rings. The summed E-state index contributed by atoms with van der Waals surface area (Å²) in [5.41, 5.74) is -1.20. The number of carbonyl (C=O) groups is 1. The van der Waals surface area contributed by atoms with E-state index in [9.17, 15) is 18.3 Å². The molecule has 1 atom stereocenters. The molecule has 0 radical (unpaired) electrons. The van der Waals surface area contributed by atoms with Gasteiger partial charge in [-0.25, -0.2) is 13.1 Å². The van der Waals surface area contributed by atoms with Gasteiger partial charge in [-0.15, -0.1) is 11.3 Å². The van der Waals surface area contributed by atoms with E-state index in [2.05, 4.69) is 4.72 Å². The van der Waals surface area contributed by atoms with E-state index in [1.807, 2.05) is 0 Å². The van der Waals surface area contributed by atoms with Crippen LogP contribution in [0.4, 0.5) is 0 Å². The molecule has 21 heavy (non-hydrogen) atoms. The van der Waals surface area contributed by atoms with Crippen molar-refractivity contribution in [2.24, 2.45) is 0 Å². The Morgan fingerprint density at radius 1 is 1.43 bits per heavy atom. The van der Waals surface area contributed by atoms with Crippen LogP contribution < -0.4 is 4.72 Å². The summed E-state index contributed by atoms with van der Waals surface area (Å²) in [5.74, 6) is -1.01. The monoisotopic (exact) mass is 336 g/mol. The van der Waals surface area contributed by atoms with E-state index in [1.54, 1.807) is 25.9 Å². The van der Waals surface area contributed by atoms with E-state index in [0.717, 1.165) is 11.3 Å². The minimum Gasteiger partial charge on any atom is -0.481 e. The van der Waals surface area contributed by atoms with Gasteiger partial charge in [-0.05, 0) is 33.2 Å². The second-order valence-electron chi connectivity index (χ2n) is 5.35. The van der Waals surface area contributed by atoms with E-state index in [0.29, 0.717) is 11.4 Å². The predicted octanol–water partition coefficient (Wildman–Crippen LogP) is -0.0339. The van der Waals surface area contributed by atoms with Gasteiger partial charge < -0.3 is 15.1 Å². The molecule has 1 aromatic rings. The number of carboxylic acid groups (broad SMARTS) is 1. The first kappa shape index (κ1) is 18.1. The van der Waals surface area contributed by atoms with Crippen molar-refractivity contribution < 1.29 is 23.4 Å². The number of carboxylic acids is 1. The first-order valence-electron chi connectivity index (χ1n) is 6.19. The van der Waals surface area contributed by atoms with Crippen molar-refractivity contribution >= 4 is 27.3 Å². The lowest BCUT2D eigenvalue weighted by molar-refractivity contribution is -0.136. The minimum absolute atomic E-state index is 0.0411. The van der Waals surface area contributed by atoms with Crippen molar-refractivity contribution in [3.63, 3.8) is 0 Å². The highest BCUT2D eigenvalue weighted by Crippen LogP contribution is 2.22. The van der Waals surface area contributed by atoms with E-state index in [4.69, 9.17) is 5.11 Å². The summed E-state index contributed by atoms with van der Waals surface area (Å²) in [6, 6.07) is 2.84. The number of nitrogens with zero attached hydrogens (tertiary/aromatic N) is 1. The molecule has 0 spiro atoms. The molecule has 1 aromatic heterocycles. The van der Waals surface area contributed by atoms with Gasteiger partial charge in [0.15, 0.2) is 0 Å². The second-order valence-corrected chi connectivity index (χ2v) is 8.51. The van der Waals surface area contributed by atoms with Crippen molar-refractivity contribution in [2.45, 2.75) is 23.2 Å². The lowest BCUT2D eigenvalue weighted by atomic mass is 10.1. The third-order valence-electron chi connectivity index (χ3n) is 2.53. The number of aliphatic hydroxyl groups is 1. The zero-order valence-corrected chi connectivity index (χ0v) is 13.8. The lowest BCUT2D eigenvalue weighted by Crippen LogP contribution is -2.46. The molecule has 120 valence electrons. The molecule has 0 bridgehead atoms. The normalized spacial score (nSPS) is 15.1. The fraction of sp³-hybridized carbons (Fsp3) is 0.583. The number of likely N-dealkylation sites (N-methyl/N-ethyl adjacent to an activating group) is 1. The molecular weight excluding hydrogens is 316 g/mol. The number of hydrogen-bond acceptors (Lipinski definition) is 6. The summed E-state index contributed by atoms with van der Waals surface area (Å²) in [5, 5.41) is 18.8. The smallest absolute Gasteiger partial charge is 0.308 e. The summed E-state index contributed by atoms with van der Waals surface area (Å²) in [7, 11) is -0.191. The molecule has 0 saturated carbocycles. The summed E-state index contributed by atoms with van der Waals surface area (Å²) < 4.78 is 26.6. The topological polar surface area (TPSA) is 107 Å². The van der Waals surface area contributed by atoms with Gasteiger partial charge in [0.05, 0.1) is 12.0 Å². The van der Waals surface area contributed by atoms with E-state index in [1.165, 1.54) is 12.1 Å². The van der Waals surface area contributed by atoms with Crippen LogP contribution in [0.3, 0.4) is 0 Å².